The summed E-state index contributed by atoms with van der Waals surface area (Å²) in [7, 11) is 0. The number of ketones is 1. The number of benzene rings is 1. The number of ether oxygens (including phenoxy) is 1. The van der Waals surface area contributed by atoms with Crippen LogP contribution in [-0.2, 0) is 4.79 Å². The van der Waals surface area contributed by atoms with Crippen LogP contribution in [0.15, 0.2) is 18.2 Å². The fraction of sp³-hybridized carbons (Fsp3) is 0.529. The van der Waals surface area contributed by atoms with E-state index in [0.29, 0.717) is 29.4 Å². The molecule has 1 aliphatic carbocycles. The monoisotopic (exact) mass is 288 g/mol. The van der Waals surface area contributed by atoms with E-state index in [0.717, 1.165) is 25.7 Å². The topological polar surface area (TPSA) is 63.6 Å². The van der Waals surface area contributed by atoms with Crippen molar-refractivity contribution < 1.29 is 19.4 Å². The Hall–Kier alpha value is -1.84. The van der Waals surface area contributed by atoms with Crippen molar-refractivity contribution in [3.63, 3.8) is 0 Å². The summed E-state index contributed by atoms with van der Waals surface area (Å²) in [5, 5.41) is 9.13. The number of carbonyl (C=O) groups is 2. The quantitative estimate of drug-likeness (QED) is 0.907. The van der Waals surface area contributed by atoms with E-state index in [4.69, 9.17) is 9.84 Å². The van der Waals surface area contributed by atoms with Crippen LogP contribution in [0.3, 0.4) is 0 Å². The molecule has 1 N–H and O–H groups in total. The molecule has 1 unspecified atom stereocenters. The number of carboxylic acids is 1. The van der Waals surface area contributed by atoms with Crippen LogP contribution in [0.4, 0.5) is 0 Å². The van der Waals surface area contributed by atoms with Gasteiger partial charge in [-0.1, -0.05) is 18.9 Å². The largest absolute Gasteiger partial charge is 0.493 e. The zero-order valence-corrected chi connectivity index (χ0v) is 12.2. The normalized spacial score (nSPS) is 26.0. The number of carboxylic acid groups (broad SMARTS) is 1. The van der Waals surface area contributed by atoms with E-state index < -0.39 is 11.9 Å². The average Bonchev–Trinajstić information content (AvgIpc) is 2.64. The molecule has 0 spiro atoms. The lowest BCUT2D eigenvalue weighted by Crippen LogP contribution is -2.28. The van der Waals surface area contributed by atoms with E-state index in [-0.39, 0.29) is 11.7 Å². The summed E-state index contributed by atoms with van der Waals surface area (Å²) in [6.07, 6.45) is 4.22. The van der Waals surface area contributed by atoms with Crippen LogP contribution in [0.5, 0.6) is 5.75 Å². The number of hydrogen-bond acceptors (Lipinski definition) is 3. The van der Waals surface area contributed by atoms with Crippen LogP contribution >= 0.6 is 0 Å². The summed E-state index contributed by atoms with van der Waals surface area (Å²) >= 11 is 0. The Labute approximate surface area is 124 Å². The molecule has 4 heteroatoms. The van der Waals surface area contributed by atoms with Crippen LogP contribution in [-0.4, -0.2) is 23.5 Å². The molecule has 0 amide bonds. The Bertz CT molecular complexity index is 578. The van der Waals surface area contributed by atoms with Crippen LogP contribution in [0.1, 0.15) is 54.4 Å². The Morgan fingerprint density at radius 2 is 2.10 bits per heavy atom. The van der Waals surface area contributed by atoms with Gasteiger partial charge in [0.25, 0.3) is 0 Å². The lowest BCUT2D eigenvalue weighted by molar-refractivity contribution is -0.138. The lowest BCUT2D eigenvalue weighted by Gasteiger charge is -2.27. The number of aliphatic carboxylic acids is 1. The van der Waals surface area contributed by atoms with E-state index in [2.05, 4.69) is 0 Å². The van der Waals surface area contributed by atoms with Gasteiger partial charge in [0.15, 0.2) is 5.78 Å². The van der Waals surface area contributed by atoms with E-state index in [1.807, 2.05) is 0 Å². The second kappa shape index (κ2) is 5.51. The van der Waals surface area contributed by atoms with Crippen molar-refractivity contribution in [1.82, 2.24) is 0 Å². The highest BCUT2D eigenvalue weighted by molar-refractivity contribution is 6.01. The molecule has 1 aliphatic heterocycles. The van der Waals surface area contributed by atoms with E-state index in [9.17, 15) is 9.59 Å². The van der Waals surface area contributed by atoms with Gasteiger partial charge in [-0.15, -0.1) is 0 Å². The van der Waals surface area contributed by atoms with Crippen molar-refractivity contribution in [2.24, 2.45) is 11.8 Å². The summed E-state index contributed by atoms with van der Waals surface area (Å²) in [5.41, 5.74) is 1.22. The van der Waals surface area contributed by atoms with Crippen molar-refractivity contribution in [3.8, 4) is 5.75 Å². The first-order valence-corrected chi connectivity index (χ1v) is 7.61. The highest BCUT2D eigenvalue weighted by atomic mass is 16.5. The standard InChI is InChI=1S/C17H20O4/c1-10(17(19)20)11-6-7-15-14(8-11)16(18)13-5-3-2-4-12(13)9-21-15/h6-8,10,12-13H,2-5,9H2,1H3,(H,19,20)/t10?,12-,13-/m1/s1. The molecule has 21 heavy (non-hydrogen) atoms. The molecule has 4 nitrogen and oxygen atoms in total. The summed E-state index contributed by atoms with van der Waals surface area (Å²) in [4.78, 5) is 23.9. The van der Waals surface area contributed by atoms with Gasteiger partial charge >= 0.3 is 5.97 Å². The van der Waals surface area contributed by atoms with E-state index >= 15 is 0 Å². The first-order chi connectivity index (χ1) is 10.1. The minimum absolute atomic E-state index is 0.0374. The van der Waals surface area contributed by atoms with Crippen molar-refractivity contribution in [2.75, 3.05) is 6.61 Å². The van der Waals surface area contributed by atoms with Gasteiger partial charge in [0, 0.05) is 11.8 Å². The highest BCUT2D eigenvalue weighted by Crippen LogP contribution is 2.38. The Kier molecular flexibility index (Phi) is 3.70. The molecular weight excluding hydrogens is 268 g/mol. The number of hydrogen-bond donors (Lipinski definition) is 1. The van der Waals surface area contributed by atoms with E-state index in [1.165, 1.54) is 0 Å². The zero-order chi connectivity index (χ0) is 15.0. The van der Waals surface area contributed by atoms with Gasteiger partial charge in [-0.05, 0) is 37.5 Å². The van der Waals surface area contributed by atoms with Gasteiger partial charge in [-0.25, -0.2) is 0 Å². The predicted molar refractivity (Wildman–Crippen MR) is 77.8 cm³/mol. The molecular formula is C17H20O4. The maximum absolute atomic E-state index is 12.8. The summed E-state index contributed by atoms with van der Waals surface area (Å²) < 4.78 is 5.82. The molecule has 1 saturated carbocycles. The summed E-state index contributed by atoms with van der Waals surface area (Å²) in [5.74, 6) is -0.419. The minimum atomic E-state index is -0.882. The molecule has 0 radical (unpaired) electrons. The summed E-state index contributed by atoms with van der Waals surface area (Å²) in [6, 6.07) is 5.21. The van der Waals surface area contributed by atoms with Crippen molar-refractivity contribution in [1.29, 1.82) is 0 Å². The molecule has 1 aromatic rings. The van der Waals surface area contributed by atoms with Gasteiger partial charge in [0.1, 0.15) is 5.75 Å². The Balaban J connectivity index is 1.97. The molecule has 2 aliphatic rings. The predicted octanol–water partition coefficient (Wildman–Crippen LogP) is 3.26. The summed E-state index contributed by atoms with van der Waals surface area (Å²) in [6.45, 7) is 2.23. The molecule has 3 atom stereocenters. The van der Waals surface area contributed by atoms with Gasteiger partial charge in [0.05, 0.1) is 18.1 Å². The average molecular weight is 288 g/mol. The first kappa shape index (κ1) is 14.1. The van der Waals surface area contributed by atoms with Gasteiger partial charge in [0.2, 0.25) is 0 Å². The van der Waals surface area contributed by atoms with Crippen LogP contribution in [0.2, 0.25) is 0 Å². The number of carbonyl (C=O) groups excluding carboxylic acids is 1. The first-order valence-electron chi connectivity index (χ1n) is 7.61. The van der Waals surface area contributed by atoms with Crippen molar-refractivity contribution >= 4 is 11.8 Å². The fourth-order valence-electron chi connectivity index (χ4n) is 3.43. The smallest absolute Gasteiger partial charge is 0.310 e. The second-order valence-electron chi connectivity index (χ2n) is 6.14. The third-order valence-corrected chi connectivity index (χ3v) is 4.84. The number of fused-ring (bicyclic) bond motifs is 2. The molecule has 112 valence electrons. The second-order valence-corrected chi connectivity index (χ2v) is 6.14. The van der Waals surface area contributed by atoms with Gasteiger partial charge < -0.3 is 9.84 Å². The Morgan fingerprint density at radius 1 is 1.33 bits per heavy atom. The number of Topliss-reactive ketones (excluding diaryl/α,β-unsaturated/α-hetero) is 1. The van der Waals surface area contributed by atoms with Crippen molar-refractivity contribution in [3.05, 3.63) is 29.3 Å². The van der Waals surface area contributed by atoms with Crippen molar-refractivity contribution in [2.45, 2.75) is 38.5 Å². The zero-order valence-electron chi connectivity index (χ0n) is 12.2. The number of rotatable bonds is 2. The maximum Gasteiger partial charge on any atom is 0.310 e. The molecule has 0 aromatic heterocycles. The van der Waals surface area contributed by atoms with Gasteiger partial charge in [-0.3, -0.25) is 9.59 Å². The molecule has 1 fully saturated rings. The molecule has 1 heterocycles. The van der Waals surface area contributed by atoms with Crippen LogP contribution in [0, 0.1) is 11.8 Å². The molecule has 0 bridgehead atoms. The van der Waals surface area contributed by atoms with Crippen LogP contribution < -0.4 is 4.74 Å². The molecule has 1 aromatic carbocycles. The Morgan fingerprint density at radius 3 is 2.86 bits per heavy atom. The third-order valence-electron chi connectivity index (χ3n) is 4.84. The lowest BCUT2D eigenvalue weighted by atomic mass is 9.76. The SMILES string of the molecule is CC(C(=O)O)c1ccc2c(c1)C(=O)[C@@H]1CCCC[C@@H]1CO2. The molecule has 3 rings (SSSR count). The molecule has 0 saturated heterocycles. The fourth-order valence-corrected chi connectivity index (χ4v) is 3.43. The minimum Gasteiger partial charge on any atom is -0.493 e. The van der Waals surface area contributed by atoms with E-state index in [1.54, 1.807) is 25.1 Å². The van der Waals surface area contributed by atoms with Crippen LogP contribution in [0.25, 0.3) is 0 Å². The maximum atomic E-state index is 12.8. The van der Waals surface area contributed by atoms with Gasteiger partial charge in [-0.2, -0.15) is 0 Å². The third kappa shape index (κ3) is 2.55. The highest BCUT2D eigenvalue weighted by Gasteiger charge is 2.36.